The van der Waals surface area contributed by atoms with Crippen molar-refractivity contribution in [3.8, 4) is 11.5 Å². The maximum absolute atomic E-state index is 14.1. The zero-order chi connectivity index (χ0) is 40.3. The number of methoxy groups -OCH3 is 1. The maximum atomic E-state index is 14.1. The molecule has 5 amide bonds. The number of nitrogens with one attached hydrogen (secondary N) is 2. The minimum atomic E-state index is -0.428. The number of piperazine rings is 1. The molecule has 13 nitrogen and oxygen atoms in total. The maximum Gasteiger partial charge on any atom is 0.261 e. The summed E-state index contributed by atoms with van der Waals surface area (Å²) in [7, 11) is 5.21. The third-order valence-electron chi connectivity index (χ3n) is 10.3. The Morgan fingerprint density at radius 3 is 2.12 bits per heavy atom. The van der Waals surface area contributed by atoms with E-state index in [4.69, 9.17) is 9.47 Å². The molecule has 0 atom stereocenters. The molecule has 2 aliphatic heterocycles. The van der Waals surface area contributed by atoms with Crippen LogP contribution in [0.4, 0.5) is 17.1 Å². The van der Waals surface area contributed by atoms with Gasteiger partial charge in [-0.2, -0.15) is 0 Å². The Morgan fingerprint density at radius 1 is 0.754 bits per heavy atom. The van der Waals surface area contributed by atoms with Crippen LogP contribution < -0.4 is 25.0 Å². The number of imide groups is 1. The Bertz CT molecular complexity index is 2040. The average molecular weight is 775 g/mol. The number of anilines is 3. The van der Waals surface area contributed by atoms with Crippen molar-refractivity contribution in [2.24, 2.45) is 0 Å². The number of carbonyl (C=O) groups is 5. The van der Waals surface area contributed by atoms with E-state index in [1.165, 1.54) is 16.9 Å². The molecule has 2 aliphatic rings. The van der Waals surface area contributed by atoms with Gasteiger partial charge in [-0.1, -0.05) is 30.3 Å². The Kier molecular flexibility index (Phi) is 13.5. The van der Waals surface area contributed by atoms with Gasteiger partial charge in [-0.3, -0.25) is 28.9 Å². The molecule has 0 radical (unpaired) electrons. The molecule has 6 rings (SSSR count). The highest BCUT2D eigenvalue weighted by atomic mass is 16.5. The SMILES string of the molecule is COc1cccc(C(=O)N(C)c2ccccc2OCCCCCC(=O)N2CCN(C)CC2)c1NC(=O)c1ccc(NCCCN2C(=O)c3ccccc3C2=O)cc1. The average Bonchev–Trinajstić information content (AvgIpc) is 3.48. The van der Waals surface area contributed by atoms with Crippen molar-refractivity contribution in [1.82, 2.24) is 14.7 Å². The van der Waals surface area contributed by atoms with E-state index in [-0.39, 0.29) is 41.4 Å². The topological polar surface area (TPSA) is 141 Å². The number of likely N-dealkylation sites (N-methyl/N-ethyl adjacent to an activating group) is 1. The van der Waals surface area contributed by atoms with Gasteiger partial charge in [0.25, 0.3) is 23.6 Å². The highest BCUT2D eigenvalue weighted by molar-refractivity contribution is 6.21. The van der Waals surface area contributed by atoms with Crippen LogP contribution in [0, 0.1) is 0 Å². The molecule has 298 valence electrons. The number of benzene rings is 4. The lowest BCUT2D eigenvalue weighted by Gasteiger charge is -2.32. The minimum absolute atomic E-state index is 0.210. The standard InChI is InChI=1S/C44H50N6O7/c1-47-26-28-49(29-27-47)39(51)19-5-4-10-30-57-37-17-9-8-16-36(37)48(2)42(53)35-15-11-18-38(56-3)40(35)46-41(52)31-20-22-32(23-21-31)45-24-12-25-50-43(54)33-13-6-7-14-34(33)44(50)55/h6-9,11,13-18,20-23,45H,4-5,10,12,19,24-30H2,1-3H3,(H,46,52). The second-order valence-corrected chi connectivity index (χ2v) is 14.2. The van der Waals surface area contributed by atoms with Crippen LogP contribution in [-0.2, 0) is 4.79 Å². The normalized spacial score (nSPS) is 13.9. The highest BCUT2D eigenvalue weighted by Gasteiger charge is 2.34. The summed E-state index contributed by atoms with van der Waals surface area (Å²) >= 11 is 0. The fourth-order valence-electron chi connectivity index (χ4n) is 6.94. The van der Waals surface area contributed by atoms with Crippen molar-refractivity contribution < 1.29 is 33.4 Å². The van der Waals surface area contributed by atoms with Crippen molar-refractivity contribution in [3.05, 3.63) is 113 Å². The van der Waals surface area contributed by atoms with Crippen molar-refractivity contribution in [3.63, 3.8) is 0 Å². The second kappa shape index (κ2) is 19.1. The van der Waals surface area contributed by atoms with Gasteiger partial charge < -0.3 is 34.8 Å². The number of amides is 5. The third kappa shape index (κ3) is 9.79. The highest BCUT2D eigenvalue weighted by Crippen LogP contribution is 2.34. The summed E-state index contributed by atoms with van der Waals surface area (Å²) < 4.78 is 11.7. The molecule has 0 saturated carbocycles. The summed E-state index contributed by atoms with van der Waals surface area (Å²) in [4.78, 5) is 72.4. The molecule has 0 bridgehead atoms. The van der Waals surface area contributed by atoms with Crippen LogP contribution in [-0.4, -0.2) is 111 Å². The van der Waals surface area contributed by atoms with Crippen molar-refractivity contribution in [2.45, 2.75) is 32.1 Å². The van der Waals surface area contributed by atoms with E-state index >= 15 is 0 Å². The molecule has 0 aliphatic carbocycles. The van der Waals surface area contributed by atoms with Crippen LogP contribution >= 0.6 is 0 Å². The molecule has 0 unspecified atom stereocenters. The number of carbonyl (C=O) groups excluding carboxylic acids is 5. The van der Waals surface area contributed by atoms with Crippen molar-refractivity contribution in [1.29, 1.82) is 0 Å². The van der Waals surface area contributed by atoms with E-state index in [0.29, 0.717) is 59.9 Å². The number of rotatable bonds is 17. The van der Waals surface area contributed by atoms with E-state index in [2.05, 4.69) is 22.6 Å². The van der Waals surface area contributed by atoms with E-state index in [1.807, 2.05) is 23.1 Å². The van der Waals surface area contributed by atoms with Crippen LogP contribution in [0.1, 0.15) is 73.5 Å². The first-order valence-corrected chi connectivity index (χ1v) is 19.4. The van der Waals surface area contributed by atoms with Gasteiger partial charge in [-0.05, 0) is 93.4 Å². The summed E-state index contributed by atoms with van der Waals surface area (Å²) in [5.41, 5.74) is 3.04. The molecule has 2 N–H and O–H groups in total. The number of hydrogen-bond acceptors (Lipinski definition) is 9. The van der Waals surface area contributed by atoms with Gasteiger partial charge in [0, 0.05) is 64.0 Å². The largest absolute Gasteiger partial charge is 0.495 e. The van der Waals surface area contributed by atoms with E-state index < -0.39 is 5.91 Å². The Labute approximate surface area is 333 Å². The van der Waals surface area contributed by atoms with Crippen LogP contribution in [0.5, 0.6) is 11.5 Å². The van der Waals surface area contributed by atoms with Gasteiger partial charge in [0.1, 0.15) is 11.5 Å². The van der Waals surface area contributed by atoms with Gasteiger partial charge in [0.05, 0.1) is 41.8 Å². The lowest BCUT2D eigenvalue weighted by atomic mass is 10.1. The van der Waals surface area contributed by atoms with Gasteiger partial charge in [0.2, 0.25) is 5.91 Å². The predicted molar refractivity (Wildman–Crippen MR) is 220 cm³/mol. The summed E-state index contributed by atoms with van der Waals surface area (Å²) in [5, 5.41) is 6.16. The molecule has 2 heterocycles. The van der Waals surface area contributed by atoms with Gasteiger partial charge in [-0.15, -0.1) is 0 Å². The van der Waals surface area contributed by atoms with Crippen LogP contribution in [0.3, 0.4) is 0 Å². The lowest BCUT2D eigenvalue weighted by Crippen LogP contribution is -2.47. The molecular formula is C44H50N6O7. The van der Waals surface area contributed by atoms with Gasteiger partial charge in [-0.25, -0.2) is 0 Å². The van der Waals surface area contributed by atoms with Crippen LogP contribution in [0.15, 0.2) is 91.0 Å². The summed E-state index contributed by atoms with van der Waals surface area (Å²) in [6.45, 7) is 4.62. The Balaban J connectivity index is 1.01. The fourth-order valence-corrected chi connectivity index (χ4v) is 6.94. The first-order valence-electron chi connectivity index (χ1n) is 19.4. The van der Waals surface area contributed by atoms with Gasteiger partial charge in [0.15, 0.2) is 0 Å². The number of unbranched alkanes of at least 4 members (excludes halogenated alkanes) is 2. The molecular weight excluding hydrogens is 725 g/mol. The second-order valence-electron chi connectivity index (χ2n) is 14.2. The van der Waals surface area contributed by atoms with Gasteiger partial charge >= 0.3 is 0 Å². The summed E-state index contributed by atoms with van der Waals surface area (Å²) in [6, 6.07) is 26.0. The number of ether oxygens (including phenoxy) is 2. The van der Waals surface area contributed by atoms with Crippen LogP contribution in [0.25, 0.3) is 0 Å². The van der Waals surface area contributed by atoms with E-state index in [9.17, 15) is 24.0 Å². The third-order valence-corrected chi connectivity index (χ3v) is 10.3. The first kappa shape index (κ1) is 40.5. The molecule has 0 aromatic heterocycles. The van der Waals surface area contributed by atoms with Crippen LogP contribution in [0.2, 0.25) is 0 Å². The molecule has 13 heteroatoms. The molecule has 4 aromatic rings. The Morgan fingerprint density at radius 2 is 1.42 bits per heavy atom. The molecule has 57 heavy (non-hydrogen) atoms. The lowest BCUT2D eigenvalue weighted by molar-refractivity contribution is -0.132. The zero-order valence-electron chi connectivity index (χ0n) is 32.8. The Hall–Kier alpha value is -6.21. The zero-order valence-corrected chi connectivity index (χ0v) is 32.8. The fraction of sp³-hybridized carbons (Fsp3) is 0.341. The molecule has 4 aromatic carbocycles. The molecule has 0 spiro atoms. The van der Waals surface area contributed by atoms with Crippen molar-refractivity contribution in [2.75, 3.05) is 82.6 Å². The number of fused-ring (bicyclic) bond motifs is 1. The van der Waals surface area contributed by atoms with E-state index in [0.717, 1.165) is 51.1 Å². The summed E-state index contributed by atoms with van der Waals surface area (Å²) in [6.07, 6.45) is 3.49. The van der Waals surface area contributed by atoms with Crippen molar-refractivity contribution >= 4 is 46.6 Å². The predicted octanol–water partition coefficient (Wildman–Crippen LogP) is 6.04. The molecule has 1 fully saturated rings. The first-order chi connectivity index (χ1) is 27.7. The summed E-state index contributed by atoms with van der Waals surface area (Å²) in [5.74, 6) is -0.267. The number of nitrogens with zero attached hydrogens (tertiary/aromatic N) is 4. The molecule has 1 saturated heterocycles. The van der Waals surface area contributed by atoms with E-state index in [1.54, 1.807) is 79.8 Å². The number of hydrogen-bond donors (Lipinski definition) is 2. The monoisotopic (exact) mass is 774 g/mol. The quantitative estimate of drug-likeness (QED) is 0.0972. The smallest absolute Gasteiger partial charge is 0.261 e. The number of para-hydroxylation sites is 3. The minimum Gasteiger partial charge on any atom is -0.495 e.